The molecule has 0 spiro atoms. The molecule has 3 aliphatic rings. The molecule has 0 unspecified atom stereocenters. The van der Waals surface area contributed by atoms with Gasteiger partial charge in [0, 0.05) is 37.9 Å². The van der Waals surface area contributed by atoms with Crippen LogP contribution in [0.15, 0.2) is 6.07 Å². The number of hydrogen-bond donors (Lipinski definition) is 1. The van der Waals surface area contributed by atoms with E-state index in [-0.39, 0.29) is 18.6 Å². The first-order valence-electron chi connectivity index (χ1n) is 11.3. The fraction of sp³-hybridized carbons (Fsp3) is 0.773. The van der Waals surface area contributed by atoms with Crippen LogP contribution in [0, 0.1) is 18.8 Å². The topological polar surface area (TPSA) is 70.6 Å². The number of carbonyl (C=O) groups is 1. The molecule has 1 amide bonds. The normalized spacial score (nSPS) is 24.1. The Labute approximate surface area is 174 Å². The Morgan fingerprint density at radius 3 is 2.62 bits per heavy atom. The molecule has 3 fully saturated rings. The molecule has 7 heteroatoms. The summed E-state index contributed by atoms with van der Waals surface area (Å²) in [5.41, 5.74) is 1.04. The molecule has 0 radical (unpaired) electrons. The molecule has 1 saturated carbocycles. The van der Waals surface area contributed by atoms with Gasteiger partial charge in [-0.15, -0.1) is 0 Å². The lowest BCUT2D eigenvalue weighted by Gasteiger charge is -2.38. The molecule has 7 nitrogen and oxygen atoms in total. The van der Waals surface area contributed by atoms with Crippen LogP contribution in [0.1, 0.15) is 44.1 Å². The van der Waals surface area contributed by atoms with Crippen molar-refractivity contribution >= 4 is 11.7 Å². The van der Waals surface area contributed by atoms with Gasteiger partial charge in [0.25, 0.3) is 0 Å². The molecule has 1 aromatic rings. The van der Waals surface area contributed by atoms with Crippen LogP contribution in [0.3, 0.4) is 0 Å². The summed E-state index contributed by atoms with van der Waals surface area (Å²) in [5, 5.41) is 3.38. The molecule has 2 aliphatic heterocycles. The van der Waals surface area contributed by atoms with Crippen LogP contribution < -0.4 is 5.32 Å². The molecule has 0 bridgehead atoms. The first-order valence-corrected chi connectivity index (χ1v) is 11.3. The second kappa shape index (κ2) is 9.39. The van der Waals surface area contributed by atoms with Crippen molar-refractivity contribution in [2.45, 2.75) is 52.1 Å². The number of carbonyl (C=O) groups excluding carboxylic acids is 1. The van der Waals surface area contributed by atoms with E-state index < -0.39 is 0 Å². The average molecular weight is 402 g/mol. The zero-order chi connectivity index (χ0) is 20.2. The Morgan fingerprint density at radius 2 is 1.90 bits per heavy atom. The number of likely N-dealkylation sites (tertiary alicyclic amines) is 1. The number of anilines is 1. The van der Waals surface area contributed by atoms with Gasteiger partial charge in [-0.1, -0.05) is 6.92 Å². The Kier molecular flexibility index (Phi) is 6.65. The van der Waals surface area contributed by atoms with Crippen LogP contribution in [-0.2, 0) is 16.0 Å². The lowest BCUT2D eigenvalue weighted by Crippen LogP contribution is -2.51. The van der Waals surface area contributed by atoms with Gasteiger partial charge < -0.3 is 19.9 Å². The number of aryl methyl sites for hydroxylation is 2. The minimum atomic E-state index is 0.00278. The summed E-state index contributed by atoms with van der Waals surface area (Å²) in [5.74, 6) is 3.34. The molecular weight excluding hydrogens is 366 g/mol. The lowest BCUT2D eigenvalue weighted by molar-refractivity contribution is -0.149. The van der Waals surface area contributed by atoms with E-state index in [0.29, 0.717) is 19.0 Å². The summed E-state index contributed by atoms with van der Waals surface area (Å²) in [6.07, 6.45) is 6.15. The average Bonchev–Trinajstić information content (AvgIpc) is 3.53. The highest BCUT2D eigenvalue weighted by Crippen LogP contribution is 2.31. The molecule has 3 heterocycles. The first kappa shape index (κ1) is 20.5. The third-order valence-electron chi connectivity index (χ3n) is 6.38. The quantitative estimate of drug-likeness (QED) is 0.719. The molecular formula is C22H35N5O2. The second-order valence-corrected chi connectivity index (χ2v) is 8.95. The molecule has 1 atom stereocenters. The number of piperidine rings is 1. The predicted molar refractivity (Wildman–Crippen MR) is 113 cm³/mol. The van der Waals surface area contributed by atoms with Gasteiger partial charge in [0.1, 0.15) is 18.2 Å². The molecule has 29 heavy (non-hydrogen) atoms. The minimum absolute atomic E-state index is 0.00278. The Bertz CT molecular complexity index is 700. The van der Waals surface area contributed by atoms with Crippen molar-refractivity contribution in [1.82, 2.24) is 19.8 Å². The highest BCUT2D eigenvalue weighted by Gasteiger charge is 2.31. The number of hydrogen-bond acceptors (Lipinski definition) is 6. The summed E-state index contributed by atoms with van der Waals surface area (Å²) in [7, 11) is 0. The number of morpholine rings is 1. The third kappa shape index (κ3) is 5.89. The summed E-state index contributed by atoms with van der Waals surface area (Å²) in [6, 6.07) is 1.99. The maximum atomic E-state index is 12.4. The van der Waals surface area contributed by atoms with E-state index >= 15 is 0 Å². The third-order valence-corrected chi connectivity index (χ3v) is 6.38. The zero-order valence-electron chi connectivity index (χ0n) is 17.9. The number of amides is 1. The van der Waals surface area contributed by atoms with Crippen molar-refractivity contribution in [1.29, 1.82) is 0 Å². The summed E-state index contributed by atoms with van der Waals surface area (Å²) in [6.45, 7) is 10.1. The van der Waals surface area contributed by atoms with Crippen molar-refractivity contribution in [3.63, 3.8) is 0 Å². The molecule has 0 aromatic carbocycles. The number of nitrogens with zero attached hydrogens (tertiary/aromatic N) is 4. The lowest BCUT2D eigenvalue weighted by atomic mass is 9.95. The van der Waals surface area contributed by atoms with Crippen molar-refractivity contribution in [3.05, 3.63) is 17.6 Å². The van der Waals surface area contributed by atoms with Crippen LogP contribution in [0.2, 0.25) is 0 Å². The second-order valence-electron chi connectivity index (χ2n) is 8.95. The number of ether oxygens (including phenoxy) is 1. The minimum Gasteiger partial charge on any atom is -0.367 e. The summed E-state index contributed by atoms with van der Waals surface area (Å²) >= 11 is 0. The maximum Gasteiger partial charge on any atom is 0.248 e. The van der Waals surface area contributed by atoms with Crippen LogP contribution >= 0.6 is 0 Å². The van der Waals surface area contributed by atoms with E-state index in [9.17, 15) is 4.79 Å². The number of rotatable bonds is 8. The molecule has 160 valence electrons. The van der Waals surface area contributed by atoms with Gasteiger partial charge in [-0.2, -0.15) is 0 Å². The van der Waals surface area contributed by atoms with E-state index in [2.05, 4.69) is 27.1 Å². The van der Waals surface area contributed by atoms with Gasteiger partial charge in [0.2, 0.25) is 5.91 Å². The molecule has 2 saturated heterocycles. The van der Waals surface area contributed by atoms with Gasteiger partial charge >= 0.3 is 0 Å². The van der Waals surface area contributed by atoms with Crippen LogP contribution in [0.5, 0.6) is 0 Å². The van der Waals surface area contributed by atoms with Gasteiger partial charge in [-0.25, -0.2) is 9.97 Å². The number of aromatic nitrogens is 2. The molecule has 1 aromatic heterocycles. The SMILES string of the molecule is CCc1cc(NC[C@@H]2CN(CC3CCN(CC4CC4)CC3)C(=O)CO2)nc(C)n1. The highest BCUT2D eigenvalue weighted by molar-refractivity contribution is 5.78. The van der Waals surface area contributed by atoms with Gasteiger partial charge in [0.05, 0.1) is 6.10 Å². The van der Waals surface area contributed by atoms with E-state index in [1.807, 2.05) is 17.9 Å². The highest BCUT2D eigenvalue weighted by atomic mass is 16.5. The fourth-order valence-corrected chi connectivity index (χ4v) is 4.43. The Hall–Kier alpha value is -1.73. The fourth-order valence-electron chi connectivity index (χ4n) is 4.43. The largest absolute Gasteiger partial charge is 0.367 e. The van der Waals surface area contributed by atoms with Crippen molar-refractivity contribution in [2.24, 2.45) is 11.8 Å². The van der Waals surface area contributed by atoms with Gasteiger partial charge in [-0.3, -0.25) is 4.79 Å². The standard InChI is InChI=1S/C22H35N5O2/c1-3-19-10-21(25-16(2)24-19)23-11-20-14-27(22(28)15-29-20)13-18-6-8-26(9-7-18)12-17-4-5-17/h10,17-18,20H,3-9,11-15H2,1-2H3,(H,23,24,25)/t20-/m1/s1. The van der Waals surface area contributed by atoms with E-state index in [0.717, 1.165) is 36.2 Å². The van der Waals surface area contributed by atoms with Gasteiger partial charge in [0.15, 0.2) is 0 Å². The van der Waals surface area contributed by atoms with Crippen molar-refractivity contribution < 1.29 is 9.53 Å². The smallest absolute Gasteiger partial charge is 0.248 e. The summed E-state index contributed by atoms with van der Waals surface area (Å²) in [4.78, 5) is 25.9. The maximum absolute atomic E-state index is 12.4. The van der Waals surface area contributed by atoms with E-state index in [1.54, 1.807) is 0 Å². The predicted octanol–water partition coefficient (Wildman–Crippen LogP) is 2.11. The molecule has 1 N–H and O–H groups in total. The Balaban J connectivity index is 1.24. The van der Waals surface area contributed by atoms with Crippen LogP contribution in [0.25, 0.3) is 0 Å². The van der Waals surface area contributed by atoms with Crippen LogP contribution in [0.4, 0.5) is 5.82 Å². The van der Waals surface area contributed by atoms with Crippen LogP contribution in [-0.4, -0.2) is 77.7 Å². The summed E-state index contributed by atoms with van der Waals surface area (Å²) < 4.78 is 5.78. The Morgan fingerprint density at radius 1 is 1.14 bits per heavy atom. The van der Waals surface area contributed by atoms with Gasteiger partial charge in [-0.05, 0) is 64.0 Å². The van der Waals surface area contributed by atoms with Crippen molar-refractivity contribution in [3.8, 4) is 0 Å². The molecule has 1 aliphatic carbocycles. The van der Waals surface area contributed by atoms with E-state index in [4.69, 9.17) is 4.74 Å². The molecule has 4 rings (SSSR count). The zero-order valence-corrected chi connectivity index (χ0v) is 17.9. The monoisotopic (exact) mass is 401 g/mol. The first-order chi connectivity index (χ1) is 14.1. The van der Waals surface area contributed by atoms with E-state index in [1.165, 1.54) is 45.3 Å². The number of nitrogens with one attached hydrogen (secondary N) is 1. The van der Waals surface area contributed by atoms with Crippen molar-refractivity contribution in [2.75, 3.05) is 51.2 Å².